The van der Waals surface area contributed by atoms with E-state index in [-0.39, 0.29) is 0 Å². The Morgan fingerprint density at radius 1 is 0.283 bits per heavy atom. The van der Waals surface area contributed by atoms with E-state index in [0.717, 1.165) is 82.5 Å². The molecule has 3 nitrogen and oxygen atoms in total. The predicted octanol–water partition coefficient (Wildman–Crippen LogP) is 14.7. The number of furan rings is 3. The third-order valence-electron chi connectivity index (χ3n) is 11.0. The van der Waals surface area contributed by atoms with Crippen LogP contribution in [0.25, 0.3) is 121 Å². The summed E-state index contributed by atoms with van der Waals surface area (Å²) >= 11 is 0. The lowest BCUT2D eigenvalue weighted by atomic mass is 9.85. The van der Waals surface area contributed by atoms with E-state index in [1.165, 1.54) is 38.2 Å². The number of fused-ring (bicyclic) bond motifs is 11. The van der Waals surface area contributed by atoms with Crippen molar-refractivity contribution in [2.45, 2.75) is 0 Å². The molecular weight excluding hydrogens is 649 g/mol. The van der Waals surface area contributed by atoms with Gasteiger partial charge >= 0.3 is 0 Å². The summed E-state index contributed by atoms with van der Waals surface area (Å²) in [4.78, 5) is 0. The average Bonchev–Trinajstić information content (AvgIpc) is 3.92. The van der Waals surface area contributed by atoms with Gasteiger partial charge in [-0.05, 0) is 80.5 Å². The van der Waals surface area contributed by atoms with Crippen LogP contribution in [-0.2, 0) is 0 Å². The molecular formula is C50H28O3. The smallest absolute Gasteiger partial charge is 0.143 e. The SMILES string of the molecule is c1ccc(-c2cc3cc4oc5c(-c6c7ccccc7c(-c7ccc8c(ccc9c%10ccccc%10oc89)c7)c7ccccc67)cccc5c4cc3o2)cc1. The second-order valence-corrected chi connectivity index (χ2v) is 14.0. The Morgan fingerprint density at radius 3 is 1.72 bits per heavy atom. The Hall–Kier alpha value is -7.10. The van der Waals surface area contributed by atoms with Crippen molar-refractivity contribution in [2.75, 3.05) is 0 Å². The monoisotopic (exact) mass is 676 g/mol. The highest BCUT2D eigenvalue weighted by atomic mass is 16.3. The molecule has 246 valence electrons. The molecule has 0 amide bonds. The van der Waals surface area contributed by atoms with Crippen LogP contribution in [0, 0.1) is 0 Å². The van der Waals surface area contributed by atoms with Gasteiger partial charge in [-0.1, -0.05) is 127 Å². The third-order valence-corrected chi connectivity index (χ3v) is 11.0. The van der Waals surface area contributed by atoms with E-state index in [4.69, 9.17) is 13.3 Å². The molecule has 3 heteroatoms. The molecule has 0 aliphatic carbocycles. The highest BCUT2D eigenvalue weighted by Gasteiger charge is 2.21. The van der Waals surface area contributed by atoms with Crippen molar-refractivity contribution in [1.82, 2.24) is 0 Å². The first-order valence-corrected chi connectivity index (χ1v) is 18.0. The van der Waals surface area contributed by atoms with Gasteiger partial charge in [0.05, 0.1) is 0 Å². The van der Waals surface area contributed by atoms with E-state index in [0.29, 0.717) is 0 Å². The Labute approximate surface area is 302 Å². The third kappa shape index (κ3) is 4.10. The van der Waals surface area contributed by atoms with Crippen molar-refractivity contribution in [3.05, 3.63) is 170 Å². The Morgan fingerprint density at radius 2 is 0.925 bits per heavy atom. The summed E-state index contributed by atoms with van der Waals surface area (Å²) in [5.41, 5.74) is 10.1. The molecule has 3 aromatic heterocycles. The zero-order chi connectivity index (χ0) is 34.6. The molecule has 0 bridgehead atoms. The summed E-state index contributed by atoms with van der Waals surface area (Å²) in [7, 11) is 0. The maximum absolute atomic E-state index is 6.83. The van der Waals surface area contributed by atoms with Crippen LogP contribution in [0.2, 0.25) is 0 Å². The Balaban J connectivity index is 1.08. The average molecular weight is 677 g/mol. The van der Waals surface area contributed by atoms with Crippen LogP contribution in [-0.4, -0.2) is 0 Å². The highest BCUT2D eigenvalue weighted by Crippen LogP contribution is 2.47. The van der Waals surface area contributed by atoms with Crippen LogP contribution >= 0.6 is 0 Å². The van der Waals surface area contributed by atoms with E-state index >= 15 is 0 Å². The fourth-order valence-corrected chi connectivity index (χ4v) is 8.67. The van der Waals surface area contributed by atoms with Gasteiger partial charge in [0.1, 0.15) is 33.7 Å². The molecule has 0 saturated heterocycles. The summed E-state index contributed by atoms with van der Waals surface area (Å²) in [5.74, 6) is 0.852. The number of hydrogen-bond acceptors (Lipinski definition) is 3. The minimum Gasteiger partial charge on any atom is -0.456 e. The Kier molecular flexibility index (Phi) is 5.77. The van der Waals surface area contributed by atoms with Crippen LogP contribution < -0.4 is 0 Å². The van der Waals surface area contributed by atoms with Crippen molar-refractivity contribution in [3.8, 4) is 33.6 Å². The zero-order valence-electron chi connectivity index (χ0n) is 28.4. The van der Waals surface area contributed by atoms with Gasteiger partial charge in [-0.25, -0.2) is 0 Å². The minimum absolute atomic E-state index is 0.848. The quantitative estimate of drug-likeness (QED) is 0.175. The molecule has 53 heavy (non-hydrogen) atoms. The van der Waals surface area contributed by atoms with E-state index in [2.05, 4.69) is 140 Å². The van der Waals surface area contributed by atoms with Gasteiger partial charge in [0.15, 0.2) is 0 Å². The molecule has 0 spiro atoms. The molecule has 3 heterocycles. The van der Waals surface area contributed by atoms with Crippen molar-refractivity contribution < 1.29 is 13.3 Å². The van der Waals surface area contributed by atoms with Crippen molar-refractivity contribution >= 4 is 87.2 Å². The van der Waals surface area contributed by atoms with Crippen LogP contribution in [0.5, 0.6) is 0 Å². The molecule has 12 aromatic rings. The van der Waals surface area contributed by atoms with E-state index < -0.39 is 0 Å². The molecule has 0 radical (unpaired) electrons. The van der Waals surface area contributed by atoms with Gasteiger partial charge in [0.25, 0.3) is 0 Å². The normalized spacial score (nSPS) is 12.2. The van der Waals surface area contributed by atoms with E-state index in [1.54, 1.807) is 0 Å². The first-order valence-electron chi connectivity index (χ1n) is 18.0. The highest BCUT2D eigenvalue weighted by molar-refractivity contribution is 6.25. The van der Waals surface area contributed by atoms with Gasteiger partial charge in [-0.3, -0.25) is 0 Å². The largest absolute Gasteiger partial charge is 0.456 e. The number of hydrogen-bond donors (Lipinski definition) is 0. The molecule has 9 aromatic carbocycles. The molecule has 0 atom stereocenters. The molecule has 0 fully saturated rings. The maximum Gasteiger partial charge on any atom is 0.143 e. The summed E-state index contributed by atoms with van der Waals surface area (Å²) in [6.07, 6.45) is 0. The number of para-hydroxylation sites is 2. The summed E-state index contributed by atoms with van der Waals surface area (Å²) in [6, 6.07) is 60.1. The summed E-state index contributed by atoms with van der Waals surface area (Å²) < 4.78 is 19.6. The van der Waals surface area contributed by atoms with Gasteiger partial charge in [0.2, 0.25) is 0 Å². The second kappa shape index (κ2) is 10.7. The lowest BCUT2D eigenvalue weighted by Crippen LogP contribution is -1.91. The summed E-state index contributed by atoms with van der Waals surface area (Å²) in [5, 5.41) is 12.5. The molecule has 0 saturated carbocycles. The summed E-state index contributed by atoms with van der Waals surface area (Å²) in [6.45, 7) is 0. The predicted molar refractivity (Wildman–Crippen MR) is 220 cm³/mol. The molecule has 0 unspecified atom stereocenters. The first kappa shape index (κ1) is 28.6. The van der Waals surface area contributed by atoms with Crippen LogP contribution in [0.1, 0.15) is 0 Å². The second-order valence-electron chi connectivity index (χ2n) is 14.0. The molecule has 0 aliphatic heterocycles. The number of benzene rings is 9. The lowest BCUT2D eigenvalue weighted by Gasteiger charge is -2.18. The molecule has 0 aliphatic rings. The van der Waals surface area contributed by atoms with E-state index in [1.807, 2.05) is 30.3 Å². The van der Waals surface area contributed by atoms with Crippen molar-refractivity contribution in [1.29, 1.82) is 0 Å². The zero-order valence-corrected chi connectivity index (χ0v) is 28.4. The lowest BCUT2D eigenvalue weighted by molar-refractivity contribution is 0.631. The van der Waals surface area contributed by atoms with Crippen LogP contribution in [0.4, 0.5) is 0 Å². The van der Waals surface area contributed by atoms with E-state index in [9.17, 15) is 0 Å². The standard InChI is InChI=1S/C50H28O3/c1-2-11-29(12-3-1)44-26-32-27-46-42(28-45(32)51-44)39-18-10-19-41(50(39)53-46)48-37-16-6-4-14-35(37)47(36-15-5-7-17-38(36)48)31-22-23-33-30(25-31)21-24-40-34-13-8-9-20-43(34)52-49(33)40/h1-28H. The van der Waals surface area contributed by atoms with Gasteiger partial charge in [0, 0.05) is 49.0 Å². The van der Waals surface area contributed by atoms with Crippen molar-refractivity contribution in [2.24, 2.45) is 0 Å². The number of rotatable bonds is 3. The topological polar surface area (TPSA) is 39.4 Å². The van der Waals surface area contributed by atoms with Gasteiger partial charge < -0.3 is 13.3 Å². The van der Waals surface area contributed by atoms with Crippen LogP contribution in [0.3, 0.4) is 0 Å². The minimum atomic E-state index is 0.848. The maximum atomic E-state index is 6.83. The molecule has 12 rings (SSSR count). The van der Waals surface area contributed by atoms with Crippen LogP contribution in [0.15, 0.2) is 183 Å². The van der Waals surface area contributed by atoms with Crippen molar-refractivity contribution in [3.63, 3.8) is 0 Å². The van der Waals surface area contributed by atoms with Gasteiger partial charge in [-0.2, -0.15) is 0 Å². The fraction of sp³-hybridized carbons (Fsp3) is 0. The molecule has 0 N–H and O–H groups in total. The first-order chi connectivity index (χ1) is 26.3. The fourth-order valence-electron chi connectivity index (χ4n) is 8.67. The Bertz CT molecular complexity index is 3390. The van der Waals surface area contributed by atoms with Gasteiger partial charge in [-0.15, -0.1) is 0 Å².